The fraction of sp³-hybridized carbons (Fsp3) is 0.0625. The number of benzene rings is 5. The molecule has 42 heavy (non-hydrogen) atoms. The summed E-state index contributed by atoms with van der Waals surface area (Å²) in [4.78, 5) is 11.8. The number of hydrogen-bond donors (Lipinski definition) is 0. The highest BCUT2D eigenvalue weighted by molar-refractivity contribution is 7.84. The van der Waals surface area contributed by atoms with Gasteiger partial charge in [0.05, 0.1) is 4.92 Å². The zero-order chi connectivity index (χ0) is 29.6. The highest BCUT2D eigenvalue weighted by Gasteiger charge is 2.41. The van der Waals surface area contributed by atoms with Gasteiger partial charge in [-0.25, -0.2) is 4.57 Å². The molecule has 0 bridgehead atoms. The van der Waals surface area contributed by atoms with Gasteiger partial charge in [-0.2, -0.15) is 4.52 Å². The SMILES string of the molecule is CC(c1cc(Cl)ccc1[N+](=O)[O-])P(=NP(=O)(Oc1ccccc1)Oc1ccccc1)(c1ccccc1)c1ccccc1. The van der Waals surface area contributed by atoms with E-state index in [0.29, 0.717) is 22.1 Å². The van der Waals surface area contributed by atoms with E-state index in [1.54, 1.807) is 54.6 Å². The summed E-state index contributed by atoms with van der Waals surface area (Å²) < 4.78 is 32.4. The number of nitro benzene ring substituents is 1. The van der Waals surface area contributed by atoms with E-state index in [-0.39, 0.29) is 5.69 Å². The molecule has 0 spiro atoms. The average molecular weight is 617 g/mol. The summed E-state index contributed by atoms with van der Waals surface area (Å²) in [7, 11) is -7.62. The zero-order valence-corrected chi connectivity index (χ0v) is 25.1. The van der Waals surface area contributed by atoms with Crippen molar-refractivity contribution in [3.63, 3.8) is 0 Å². The van der Waals surface area contributed by atoms with E-state index in [2.05, 4.69) is 0 Å². The van der Waals surface area contributed by atoms with Gasteiger partial charge in [-0.15, -0.1) is 0 Å². The van der Waals surface area contributed by atoms with Crippen LogP contribution in [0, 0.1) is 10.1 Å². The molecule has 0 aliphatic carbocycles. The fourth-order valence-corrected chi connectivity index (χ4v) is 11.9. The van der Waals surface area contributed by atoms with E-state index in [0.717, 1.165) is 10.6 Å². The molecule has 7 nitrogen and oxygen atoms in total. The average Bonchev–Trinajstić information content (AvgIpc) is 3.01. The molecule has 0 amide bonds. The maximum Gasteiger partial charge on any atom is 0.562 e. The van der Waals surface area contributed by atoms with Crippen molar-refractivity contribution in [2.24, 2.45) is 4.52 Å². The largest absolute Gasteiger partial charge is 0.562 e. The van der Waals surface area contributed by atoms with E-state index in [9.17, 15) is 14.7 Å². The molecule has 0 N–H and O–H groups in total. The molecule has 0 aliphatic heterocycles. The van der Waals surface area contributed by atoms with Crippen molar-refractivity contribution >= 4 is 42.7 Å². The van der Waals surface area contributed by atoms with Crippen molar-refractivity contribution in [1.82, 2.24) is 0 Å². The van der Waals surface area contributed by atoms with Gasteiger partial charge in [0.2, 0.25) is 0 Å². The van der Waals surface area contributed by atoms with Crippen molar-refractivity contribution in [1.29, 1.82) is 0 Å². The van der Waals surface area contributed by atoms with E-state index in [1.807, 2.05) is 79.7 Å². The number of rotatable bonds is 10. The quantitative estimate of drug-likeness (QED) is 0.0885. The van der Waals surface area contributed by atoms with Crippen LogP contribution in [0.5, 0.6) is 11.5 Å². The Balaban J connectivity index is 1.88. The Kier molecular flexibility index (Phi) is 8.94. The second-order valence-electron chi connectivity index (χ2n) is 9.36. The minimum absolute atomic E-state index is 0.110. The molecule has 0 saturated carbocycles. The van der Waals surface area contributed by atoms with Crippen LogP contribution in [-0.4, -0.2) is 4.92 Å². The van der Waals surface area contributed by atoms with Crippen LogP contribution in [0.4, 0.5) is 5.69 Å². The Morgan fingerprint density at radius 1 is 0.714 bits per heavy atom. The maximum atomic E-state index is 15.0. The topological polar surface area (TPSA) is 91.0 Å². The van der Waals surface area contributed by atoms with Crippen molar-refractivity contribution in [3.8, 4) is 11.5 Å². The van der Waals surface area contributed by atoms with Gasteiger partial charge in [0, 0.05) is 29.4 Å². The molecule has 5 aromatic carbocycles. The van der Waals surface area contributed by atoms with Gasteiger partial charge in [-0.05, 0) is 47.0 Å². The third kappa shape index (κ3) is 6.34. The molecular weight excluding hydrogens is 590 g/mol. The van der Waals surface area contributed by atoms with Crippen molar-refractivity contribution in [2.75, 3.05) is 0 Å². The smallest absolute Gasteiger partial charge is 0.399 e. The van der Waals surface area contributed by atoms with Crippen molar-refractivity contribution in [3.05, 3.63) is 160 Å². The first-order chi connectivity index (χ1) is 20.3. The molecule has 1 atom stereocenters. The standard InChI is InChI=1S/C32H27ClN2O5P2/c1-25(31-24-26(33)22-23-32(31)35(36)37)41(29-18-10-4-11-19-29,30-20-12-5-13-21-30)34-42(38,39-27-14-6-2-7-15-27)40-28-16-8-3-9-17-28/h2-25H,1H3. The number of para-hydroxylation sites is 2. The molecule has 0 saturated heterocycles. The third-order valence-corrected chi connectivity index (χ3v) is 13.4. The third-order valence-electron chi connectivity index (χ3n) is 6.68. The van der Waals surface area contributed by atoms with Crippen molar-refractivity contribution in [2.45, 2.75) is 12.6 Å². The van der Waals surface area contributed by atoms with Crippen LogP contribution >= 0.6 is 26.4 Å². The molecule has 10 heteroatoms. The molecule has 0 radical (unpaired) electrons. The number of hydrogen-bond acceptors (Lipinski definition) is 5. The Bertz CT molecular complexity index is 1680. The summed E-state index contributed by atoms with van der Waals surface area (Å²) in [6, 6.07) is 40.6. The van der Waals surface area contributed by atoms with Crippen LogP contribution in [0.15, 0.2) is 144 Å². The van der Waals surface area contributed by atoms with Crippen LogP contribution in [0.3, 0.4) is 0 Å². The molecule has 5 aromatic rings. The lowest BCUT2D eigenvalue weighted by Gasteiger charge is -2.33. The Labute approximate surface area is 249 Å². The highest BCUT2D eigenvalue weighted by Crippen LogP contribution is 2.68. The number of nitro groups is 1. The summed E-state index contributed by atoms with van der Waals surface area (Å²) in [5.74, 6) is 0.613. The fourth-order valence-electron chi connectivity index (χ4n) is 4.77. The molecule has 0 aromatic heterocycles. The second kappa shape index (κ2) is 12.8. The molecular formula is C32H27ClN2O5P2. The predicted molar refractivity (Wildman–Crippen MR) is 170 cm³/mol. The van der Waals surface area contributed by atoms with Gasteiger partial charge in [0.25, 0.3) is 5.69 Å². The van der Waals surface area contributed by atoms with Crippen LogP contribution in [0.2, 0.25) is 5.02 Å². The van der Waals surface area contributed by atoms with E-state index in [4.69, 9.17) is 25.2 Å². The van der Waals surface area contributed by atoms with Gasteiger partial charge < -0.3 is 9.05 Å². The van der Waals surface area contributed by atoms with Gasteiger partial charge in [-0.3, -0.25) is 10.1 Å². The molecule has 0 fully saturated rings. The van der Waals surface area contributed by atoms with Gasteiger partial charge in [-0.1, -0.05) is 116 Å². The number of halogens is 1. The molecule has 5 rings (SSSR count). The lowest BCUT2D eigenvalue weighted by atomic mass is 10.1. The lowest BCUT2D eigenvalue weighted by molar-refractivity contribution is -0.385. The lowest BCUT2D eigenvalue weighted by Crippen LogP contribution is -2.21. The second-order valence-corrected chi connectivity index (χ2v) is 15.0. The molecule has 0 aliphatic rings. The van der Waals surface area contributed by atoms with Crippen LogP contribution in [-0.2, 0) is 4.57 Å². The first-order valence-corrected chi connectivity index (χ1v) is 16.8. The minimum atomic E-state index is -4.37. The highest BCUT2D eigenvalue weighted by atomic mass is 35.5. The predicted octanol–water partition coefficient (Wildman–Crippen LogP) is 9.43. The van der Waals surface area contributed by atoms with Crippen LogP contribution in [0.25, 0.3) is 0 Å². The first-order valence-electron chi connectivity index (χ1n) is 13.1. The molecule has 212 valence electrons. The van der Waals surface area contributed by atoms with Crippen molar-refractivity contribution < 1.29 is 18.5 Å². The van der Waals surface area contributed by atoms with Gasteiger partial charge in [0.15, 0.2) is 0 Å². The Hall–Kier alpha value is -4.15. The molecule has 1 unspecified atom stereocenters. The number of nitrogens with zero attached hydrogens (tertiary/aromatic N) is 2. The summed E-state index contributed by atoms with van der Waals surface area (Å²) in [6.07, 6.45) is 0. The zero-order valence-electron chi connectivity index (χ0n) is 22.6. The van der Waals surface area contributed by atoms with Gasteiger partial charge >= 0.3 is 7.75 Å². The van der Waals surface area contributed by atoms with E-state index < -0.39 is 25.4 Å². The van der Waals surface area contributed by atoms with E-state index in [1.165, 1.54) is 12.1 Å². The summed E-state index contributed by atoms with van der Waals surface area (Å²) in [6.45, 7) is 1.85. The Morgan fingerprint density at radius 3 is 1.57 bits per heavy atom. The van der Waals surface area contributed by atoms with Gasteiger partial charge in [0.1, 0.15) is 11.5 Å². The first kappa shape index (κ1) is 29.3. The summed E-state index contributed by atoms with van der Waals surface area (Å²) in [5.41, 5.74) is -0.405. The van der Waals surface area contributed by atoms with Crippen LogP contribution < -0.4 is 19.7 Å². The maximum absolute atomic E-state index is 15.0. The molecule has 0 heterocycles. The normalized spacial score (nSPS) is 12.2. The Morgan fingerprint density at radius 2 is 1.14 bits per heavy atom. The monoisotopic (exact) mass is 616 g/mol. The minimum Gasteiger partial charge on any atom is -0.399 e. The summed E-state index contributed by atoms with van der Waals surface area (Å²) in [5, 5.41) is 14.1. The van der Waals surface area contributed by atoms with E-state index >= 15 is 0 Å². The van der Waals surface area contributed by atoms with Crippen LogP contribution in [0.1, 0.15) is 18.1 Å². The summed E-state index contributed by atoms with van der Waals surface area (Å²) >= 11 is 6.41.